The van der Waals surface area contributed by atoms with Gasteiger partial charge in [-0.1, -0.05) is 0 Å². The lowest BCUT2D eigenvalue weighted by Crippen LogP contribution is -2.36. The third kappa shape index (κ3) is 5.97. The molecule has 1 amide bonds. The van der Waals surface area contributed by atoms with Crippen molar-refractivity contribution in [3.05, 3.63) is 0 Å². The maximum Gasteiger partial charge on any atom is 0.225 e. The second kappa shape index (κ2) is 8.95. The van der Waals surface area contributed by atoms with Gasteiger partial charge in [-0.25, -0.2) is 0 Å². The summed E-state index contributed by atoms with van der Waals surface area (Å²) in [6.07, 6.45) is 2.96. The van der Waals surface area contributed by atoms with Crippen LogP contribution in [0.15, 0.2) is 0 Å². The van der Waals surface area contributed by atoms with E-state index in [0.717, 1.165) is 39.0 Å². The van der Waals surface area contributed by atoms with E-state index in [4.69, 9.17) is 4.74 Å². The number of hydrogen-bond acceptors (Lipinski definition) is 3. The monoisotopic (exact) mass is 236 g/mol. The van der Waals surface area contributed by atoms with Crippen molar-refractivity contribution in [3.8, 4) is 0 Å². The van der Waals surface area contributed by atoms with Crippen LogP contribution in [-0.2, 0) is 9.53 Å². The van der Waals surface area contributed by atoms with Gasteiger partial charge in [0.1, 0.15) is 0 Å². The first-order chi connectivity index (χ1) is 6.84. The summed E-state index contributed by atoms with van der Waals surface area (Å²) in [5.41, 5.74) is 0. The molecule has 15 heavy (non-hydrogen) atoms. The highest BCUT2D eigenvalue weighted by molar-refractivity contribution is 5.85. The molecule has 1 unspecified atom stereocenters. The molecule has 1 aliphatic rings. The first-order valence-electron chi connectivity index (χ1n) is 5.34. The highest BCUT2D eigenvalue weighted by atomic mass is 35.5. The van der Waals surface area contributed by atoms with Gasteiger partial charge in [0, 0.05) is 13.2 Å². The van der Waals surface area contributed by atoms with Crippen LogP contribution in [0, 0.1) is 5.92 Å². The van der Waals surface area contributed by atoms with Crippen molar-refractivity contribution in [2.24, 2.45) is 5.92 Å². The zero-order chi connectivity index (χ0) is 10.2. The molecule has 0 aromatic heterocycles. The van der Waals surface area contributed by atoms with Crippen LogP contribution in [0.25, 0.3) is 0 Å². The van der Waals surface area contributed by atoms with Crippen LogP contribution in [0.4, 0.5) is 0 Å². The molecule has 0 aromatic rings. The second-order valence-electron chi connectivity index (χ2n) is 3.66. The van der Waals surface area contributed by atoms with Crippen LogP contribution < -0.4 is 10.6 Å². The highest BCUT2D eigenvalue weighted by Gasteiger charge is 2.20. The van der Waals surface area contributed by atoms with E-state index in [9.17, 15) is 4.79 Å². The first-order valence-corrected chi connectivity index (χ1v) is 5.34. The van der Waals surface area contributed by atoms with Crippen molar-refractivity contribution in [1.82, 2.24) is 10.6 Å². The quantitative estimate of drug-likeness (QED) is 0.686. The number of nitrogens with one attached hydrogen (secondary N) is 2. The minimum absolute atomic E-state index is 0. The van der Waals surface area contributed by atoms with Crippen LogP contribution in [0.2, 0.25) is 0 Å². The molecule has 0 spiro atoms. The Bertz CT molecular complexity index is 173. The molecule has 90 valence electrons. The summed E-state index contributed by atoms with van der Waals surface area (Å²) in [7, 11) is 1.91. The van der Waals surface area contributed by atoms with Crippen LogP contribution in [0.5, 0.6) is 0 Å². The topological polar surface area (TPSA) is 50.4 Å². The summed E-state index contributed by atoms with van der Waals surface area (Å²) < 4.78 is 5.26. The van der Waals surface area contributed by atoms with Gasteiger partial charge < -0.3 is 15.4 Å². The van der Waals surface area contributed by atoms with Crippen LogP contribution >= 0.6 is 12.4 Å². The third-order valence-electron chi connectivity index (χ3n) is 2.43. The number of hydrogen-bond donors (Lipinski definition) is 2. The molecule has 1 fully saturated rings. The zero-order valence-corrected chi connectivity index (χ0v) is 10.1. The molecular weight excluding hydrogens is 216 g/mol. The zero-order valence-electron chi connectivity index (χ0n) is 9.25. The van der Waals surface area contributed by atoms with Crippen molar-refractivity contribution in [1.29, 1.82) is 0 Å². The Balaban J connectivity index is 0.00000196. The molecule has 0 aromatic carbocycles. The normalized spacial score (nSPS) is 20.5. The molecule has 5 heteroatoms. The Morgan fingerprint density at radius 1 is 1.47 bits per heavy atom. The van der Waals surface area contributed by atoms with E-state index in [0.29, 0.717) is 6.61 Å². The Hall–Kier alpha value is -0.320. The van der Waals surface area contributed by atoms with E-state index in [1.54, 1.807) is 0 Å². The van der Waals surface area contributed by atoms with E-state index in [-0.39, 0.29) is 24.2 Å². The fourth-order valence-corrected chi connectivity index (χ4v) is 1.57. The standard InChI is InChI=1S/C10H20N2O2.ClH/c1-11-5-3-6-12-10(13)9-4-2-7-14-8-9;/h9,11H,2-8H2,1H3,(H,12,13);1H. The number of ether oxygens (including phenoxy) is 1. The lowest BCUT2D eigenvalue weighted by atomic mass is 10.0. The number of carbonyl (C=O) groups excluding carboxylic acids is 1. The maximum atomic E-state index is 11.5. The van der Waals surface area contributed by atoms with Crippen LogP contribution in [0.3, 0.4) is 0 Å². The number of rotatable bonds is 5. The summed E-state index contributed by atoms with van der Waals surface area (Å²) >= 11 is 0. The fraction of sp³-hybridized carbons (Fsp3) is 0.900. The summed E-state index contributed by atoms with van der Waals surface area (Å²) in [5.74, 6) is 0.235. The Labute approximate surface area is 97.5 Å². The lowest BCUT2D eigenvalue weighted by molar-refractivity contribution is -0.128. The molecule has 1 aliphatic heterocycles. The third-order valence-corrected chi connectivity index (χ3v) is 2.43. The van der Waals surface area contributed by atoms with Gasteiger partial charge in [-0.3, -0.25) is 4.79 Å². The largest absolute Gasteiger partial charge is 0.381 e. The van der Waals surface area contributed by atoms with Crippen LogP contribution in [0.1, 0.15) is 19.3 Å². The first kappa shape index (κ1) is 14.7. The number of amides is 1. The van der Waals surface area contributed by atoms with E-state index in [1.165, 1.54) is 0 Å². The van der Waals surface area contributed by atoms with E-state index in [2.05, 4.69) is 10.6 Å². The fourth-order valence-electron chi connectivity index (χ4n) is 1.57. The van der Waals surface area contributed by atoms with Crippen LogP contribution in [-0.4, -0.2) is 39.3 Å². The predicted octanol–water partition coefficient (Wildman–Crippen LogP) is 0.560. The maximum absolute atomic E-state index is 11.5. The van der Waals surface area contributed by atoms with Gasteiger partial charge in [0.25, 0.3) is 0 Å². The average Bonchev–Trinajstić information content (AvgIpc) is 2.25. The average molecular weight is 237 g/mol. The van der Waals surface area contributed by atoms with Crippen molar-refractivity contribution in [3.63, 3.8) is 0 Å². The molecule has 0 radical (unpaired) electrons. The number of carbonyl (C=O) groups is 1. The summed E-state index contributed by atoms with van der Waals surface area (Å²) in [5, 5.41) is 5.97. The molecule has 4 nitrogen and oxygen atoms in total. The molecule has 1 rings (SSSR count). The molecule has 1 saturated heterocycles. The Kier molecular flexibility index (Phi) is 8.76. The summed E-state index contributed by atoms with van der Waals surface area (Å²) in [4.78, 5) is 11.5. The lowest BCUT2D eigenvalue weighted by Gasteiger charge is -2.21. The number of halogens is 1. The van der Waals surface area contributed by atoms with Gasteiger partial charge in [0.15, 0.2) is 0 Å². The Morgan fingerprint density at radius 2 is 2.27 bits per heavy atom. The minimum atomic E-state index is 0. The smallest absolute Gasteiger partial charge is 0.225 e. The van der Waals surface area contributed by atoms with Crippen molar-refractivity contribution in [2.45, 2.75) is 19.3 Å². The molecule has 0 saturated carbocycles. The molecule has 1 atom stereocenters. The summed E-state index contributed by atoms with van der Waals surface area (Å²) in [6, 6.07) is 0. The van der Waals surface area contributed by atoms with Gasteiger partial charge in [-0.2, -0.15) is 0 Å². The van der Waals surface area contributed by atoms with E-state index in [1.807, 2.05) is 7.05 Å². The van der Waals surface area contributed by atoms with Crippen molar-refractivity contribution >= 4 is 18.3 Å². The highest BCUT2D eigenvalue weighted by Crippen LogP contribution is 2.13. The second-order valence-corrected chi connectivity index (χ2v) is 3.66. The molecule has 2 N–H and O–H groups in total. The van der Waals surface area contributed by atoms with Crippen molar-refractivity contribution < 1.29 is 9.53 Å². The minimum Gasteiger partial charge on any atom is -0.381 e. The van der Waals surface area contributed by atoms with Crippen molar-refractivity contribution in [2.75, 3.05) is 33.4 Å². The van der Waals surface area contributed by atoms with Gasteiger partial charge in [-0.15, -0.1) is 12.4 Å². The molecule has 1 heterocycles. The van der Waals surface area contributed by atoms with Gasteiger partial charge in [-0.05, 0) is 32.9 Å². The predicted molar refractivity (Wildman–Crippen MR) is 62.3 cm³/mol. The van der Waals surface area contributed by atoms with Gasteiger partial charge in [0.2, 0.25) is 5.91 Å². The molecular formula is C10H21ClN2O2. The van der Waals surface area contributed by atoms with E-state index < -0.39 is 0 Å². The summed E-state index contributed by atoms with van der Waals surface area (Å²) in [6.45, 7) is 3.11. The molecule has 0 aliphatic carbocycles. The van der Waals surface area contributed by atoms with Gasteiger partial charge in [0.05, 0.1) is 12.5 Å². The Morgan fingerprint density at radius 3 is 2.87 bits per heavy atom. The van der Waals surface area contributed by atoms with Gasteiger partial charge >= 0.3 is 0 Å². The SMILES string of the molecule is CNCCCNC(=O)C1CCCOC1.Cl. The van der Waals surface area contributed by atoms with E-state index >= 15 is 0 Å². The molecule has 0 bridgehead atoms.